The molecular formula is C14H21ClN2O. The third-order valence-corrected chi connectivity index (χ3v) is 3.81. The maximum atomic E-state index is 5.98. The molecule has 3 nitrogen and oxygen atoms in total. The quantitative estimate of drug-likeness (QED) is 0.785. The van der Waals surface area contributed by atoms with E-state index in [4.69, 9.17) is 16.3 Å². The fourth-order valence-electron chi connectivity index (χ4n) is 2.45. The van der Waals surface area contributed by atoms with Crippen molar-refractivity contribution in [2.75, 3.05) is 31.7 Å². The van der Waals surface area contributed by atoms with Gasteiger partial charge in [-0.15, -0.1) is 11.6 Å². The third-order valence-electron chi connectivity index (χ3n) is 3.53. The smallest absolute Gasteiger partial charge is 0.0509 e. The maximum Gasteiger partial charge on any atom is 0.0509 e. The van der Waals surface area contributed by atoms with Gasteiger partial charge in [-0.2, -0.15) is 0 Å². The molecule has 4 heteroatoms. The van der Waals surface area contributed by atoms with Gasteiger partial charge in [0.15, 0.2) is 0 Å². The molecule has 1 aromatic heterocycles. The normalized spacial score (nSPS) is 16.8. The number of aryl methyl sites for hydroxylation is 1. The average Bonchev–Trinajstić information content (AvgIpc) is 2.40. The molecule has 0 bridgehead atoms. The fraction of sp³-hybridized carbons (Fsp3) is 0.643. The summed E-state index contributed by atoms with van der Waals surface area (Å²) < 4.78 is 5.40. The summed E-state index contributed by atoms with van der Waals surface area (Å²) in [5, 5.41) is 0. The number of rotatable bonds is 4. The molecular weight excluding hydrogens is 248 g/mol. The van der Waals surface area contributed by atoms with Crippen molar-refractivity contribution in [3.05, 3.63) is 23.5 Å². The molecule has 0 aliphatic carbocycles. The van der Waals surface area contributed by atoms with Crippen molar-refractivity contribution in [1.82, 2.24) is 4.98 Å². The Morgan fingerprint density at radius 2 is 2.17 bits per heavy atom. The SMILES string of the molecule is Cc1cc(N(C)CC2CCOCC2)c(CCl)cn1. The first-order valence-corrected chi connectivity index (χ1v) is 7.04. The van der Waals surface area contributed by atoms with Crippen LogP contribution in [0.4, 0.5) is 5.69 Å². The fourth-order valence-corrected chi connectivity index (χ4v) is 2.65. The standard InChI is InChI=1S/C14H21ClN2O/c1-11-7-14(13(8-15)9-16-11)17(2)10-12-3-5-18-6-4-12/h7,9,12H,3-6,8,10H2,1-2H3. The highest BCUT2D eigenvalue weighted by atomic mass is 35.5. The molecule has 0 aromatic carbocycles. The summed E-state index contributed by atoms with van der Waals surface area (Å²) in [7, 11) is 2.14. The van der Waals surface area contributed by atoms with E-state index < -0.39 is 0 Å². The average molecular weight is 269 g/mol. The van der Waals surface area contributed by atoms with Gasteiger partial charge in [-0.05, 0) is 31.7 Å². The van der Waals surface area contributed by atoms with Crippen LogP contribution < -0.4 is 4.90 Å². The molecule has 0 spiro atoms. The van der Waals surface area contributed by atoms with Crippen LogP contribution in [0.25, 0.3) is 0 Å². The maximum absolute atomic E-state index is 5.98. The van der Waals surface area contributed by atoms with E-state index >= 15 is 0 Å². The molecule has 0 radical (unpaired) electrons. The van der Waals surface area contributed by atoms with Crippen molar-refractivity contribution >= 4 is 17.3 Å². The number of hydrogen-bond donors (Lipinski definition) is 0. The Hall–Kier alpha value is -0.800. The van der Waals surface area contributed by atoms with Crippen LogP contribution in [0.15, 0.2) is 12.3 Å². The Kier molecular flexibility index (Phi) is 4.84. The van der Waals surface area contributed by atoms with Crippen molar-refractivity contribution in [3.63, 3.8) is 0 Å². The van der Waals surface area contributed by atoms with Gasteiger partial charge >= 0.3 is 0 Å². The van der Waals surface area contributed by atoms with Crippen LogP contribution in [0.1, 0.15) is 24.1 Å². The Labute approximate surface area is 114 Å². The van der Waals surface area contributed by atoms with Crippen LogP contribution in [-0.4, -0.2) is 31.8 Å². The highest BCUT2D eigenvalue weighted by Crippen LogP contribution is 2.24. The van der Waals surface area contributed by atoms with Gasteiger partial charge in [-0.3, -0.25) is 4.98 Å². The molecule has 2 heterocycles. The molecule has 1 aliphatic heterocycles. The van der Waals surface area contributed by atoms with E-state index in [9.17, 15) is 0 Å². The first kappa shape index (κ1) is 13.6. The van der Waals surface area contributed by atoms with E-state index in [1.54, 1.807) is 0 Å². The summed E-state index contributed by atoms with van der Waals surface area (Å²) in [6.45, 7) is 4.88. The zero-order valence-electron chi connectivity index (χ0n) is 11.2. The van der Waals surface area contributed by atoms with E-state index in [0.29, 0.717) is 5.88 Å². The second kappa shape index (κ2) is 6.39. The predicted octanol–water partition coefficient (Wildman–Crippen LogP) is 2.99. The molecule has 0 amide bonds. The van der Waals surface area contributed by atoms with Gasteiger partial charge in [0.25, 0.3) is 0 Å². The van der Waals surface area contributed by atoms with Gasteiger partial charge in [0.1, 0.15) is 0 Å². The molecule has 100 valence electrons. The minimum atomic E-state index is 0.515. The molecule has 0 unspecified atom stereocenters. The Morgan fingerprint density at radius 3 is 2.83 bits per heavy atom. The summed E-state index contributed by atoms with van der Waals surface area (Å²) in [6.07, 6.45) is 4.20. The van der Waals surface area contributed by atoms with Crippen molar-refractivity contribution in [3.8, 4) is 0 Å². The largest absolute Gasteiger partial charge is 0.381 e. The highest BCUT2D eigenvalue weighted by Gasteiger charge is 2.17. The van der Waals surface area contributed by atoms with Crippen molar-refractivity contribution in [2.24, 2.45) is 5.92 Å². The van der Waals surface area contributed by atoms with Gasteiger partial charge in [-0.25, -0.2) is 0 Å². The van der Waals surface area contributed by atoms with Gasteiger partial charge in [0.05, 0.1) is 5.88 Å². The van der Waals surface area contributed by atoms with Gasteiger partial charge in [0.2, 0.25) is 0 Å². The summed E-state index contributed by atoms with van der Waals surface area (Å²) in [5.74, 6) is 1.24. The molecule has 0 saturated carbocycles. The number of alkyl halides is 1. The lowest BCUT2D eigenvalue weighted by Crippen LogP contribution is -2.30. The molecule has 1 fully saturated rings. The lowest BCUT2D eigenvalue weighted by Gasteiger charge is -2.29. The van der Waals surface area contributed by atoms with Crippen LogP contribution in [0.3, 0.4) is 0 Å². The Balaban J connectivity index is 2.07. The van der Waals surface area contributed by atoms with Crippen molar-refractivity contribution < 1.29 is 4.74 Å². The zero-order valence-corrected chi connectivity index (χ0v) is 11.9. The second-order valence-electron chi connectivity index (χ2n) is 5.02. The minimum absolute atomic E-state index is 0.515. The lowest BCUT2D eigenvalue weighted by atomic mass is 9.99. The lowest BCUT2D eigenvalue weighted by molar-refractivity contribution is 0.0685. The molecule has 0 N–H and O–H groups in total. The van der Waals surface area contributed by atoms with Gasteiger partial charge in [0, 0.05) is 49.9 Å². The zero-order chi connectivity index (χ0) is 13.0. The van der Waals surface area contributed by atoms with E-state index in [-0.39, 0.29) is 0 Å². The van der Waals surface area contributed by atoms with E-state index in [1.165, 1.54) is 5.69 Å². The number of hydrogen-bond acceptors (Lipinski definition) is 3. The first-order chi connectivity index (χ1) is 8.70. The van der Waals surface area contributed by atoms with Gasteiger partial charge < -0.3 is 9.64 Å². The highest BCUT2D eigenvalue weighted by molar-refractivity contribution is 6.17. The molecule has 1 aliphatic rings. The van der Waals surface area contributed by atoms with Crippen LogP contribution in [-0.2, 0) is 10.6 Å². The van der Waals surface area contributed by atoms with Crippen LogP contribution in [0.5, 0.6) is 0 Å². The van der Waals surface area contributed by atoms with Crippen molar-refractivity contribution in [2.45, 2.75) is 25.6 Å². The number of pyridine rings is 1. The molecule has 1 saturated heterocycles. The number of nitrogens with zero attached hydrogens (tertiary/aromatic N) is 2. The summed E-state index contributed by atoms with van der Waals surface area (Å²) >= 11 is 5.98. The molecule has 2 rings (SSSR count). The number of halogens is 1. The Bertz CT molecular complexity index is 391. The van der Waals surface area contributed by atoms with Crippen LogP contribution >= 0.6 is 11.6 Å². The topological polar surface area (TPSA) is 25.4 Å². The Morgan fingerprint density at radius 1 is 1.44 bits per heavy atom. The van der Waals surface area contributed by atoms with Crippen LogP contribution in [0.2, 0.25) is 0 Å². The van der Waals surface area contributed by atoms with E-state index in [1.807, 2.05) is 13.1 Å². The number of aromatic nitrogens is 1. The minimum Gasteiger partial charge on any atom is -0.381 e. The third kappa shape index (κ3) is 3.36. The van der Waals surface area contributed by atoms with Crippen molar-refractivity contribution in [1.29, 1.82) is 0 Å². The summed E-state index contributed by atoms with van der Waals surface area (Å²) in [6, 6.07) is 2.12. The molecule has 0 atom stereocenters. The molecule has 18 heavy (non-hydrogen) atoms. The monoisotopic (exact) mass is 268 g/mol. The van der Waals surface area contributed by atoms with E-state index in [2.05, 4.69) is 23.0 Å². The summed E-state index contributed by atoms with van der Waals surface area (Å²) in [5.41, 5.74) is 3.36. The molecule has 1 aromatic rings. The van der Waals surface area contributed by atoms with Gasteiger partial charge in [-0.1, -0.05) is 0 Å². The number of ether oxygens (including phenoxy) is 1. The summed E-state index contributed by atoms with van der Waals surface area (Å²) in [4.78, 5) is 6.62. The second-order valence-corrected chi connectivity index (χ2v) is 5.29. The first-order valence-electron chi connectivity index (χ1n) is 6.51. The number of anilines is 1. The van der Waals surface area contributed by atoms with Crippen LogP contribution in [0, 0.1) is 12.8 Å². The predicted molar refractivity (Wildman–Crippen MR) is 75.3 cm³/mol. The van der Waals surface area contributed by atoms with E-state index in [0.717, 1.165) is 49.8 Å².